The molecule has 0 saturated heterocycles. The van der Waals surface area contributed by atoms with E-state index in [2.05, 4.69) is 10.3 Å². The van der Waals surface area contributed by atoms with Crippen LogP contribution in [0.2, 0.25) is 0 Å². The molecule has 0 aliphatic heterocycles. The van der Waals surface area contributed by atoms with Gasteiger partial charge in [0.15, 0.2) is 11.5 Å². The molecular weight excluding hydrogens is 304 g/mol. The summed E-state index contributed by atoms with van der Waals surface area (Å²) in [5, 5.41) is 3.85. The summed E-state index contributed by atoms with van der Waals surface area (Å²) in [7, 11) is 3.17. The molecule has 0 radical (unpaired) electrons. The lowest BCUT2D eigenvalue weighted by Crippen LogP contribution is -2.23. The number of nitrogens with one attached hydrogen (secondary N) is 1. The molecule has 3 rings (SSSR count). The fourth-order valence-electron chi connectivity index (χ4n) is 2.65. The van der Waals surface area contributed by atoms with Crippen molar-refractivity contribution in [3.63, 3.8) is 0 Å². The summed E-state index contributed by atoms with van der Waals surface area (Å²) in [6, 6.07) is 14.9. The average Bonchev–Trinajstić information content (AvgIpc) is 2.65. The highest BCUT2D eigenvalue weighted by molar-refractivity contribution is 6.05. The van der Waals surface area contributed by atoms with E-state index in [4.69, 9.17) is 9.47 Å². The van der Waals surface area contributed by atoms with Gasteiger partial charge in [-0.3, -0.25) is 9.78 Å². The molecule has 0 bridgehead atoms. The van der Waals surface area contributed by atoms with E-state index in [1.807, 2.05) is 42.5 Å². The van der Waals surface area contributed by atoms with Crippen molar-refractivity contribution in [2.24, 2.45) is 0 Å². The van der Waals surface area contributed by atoms with Gasteiger partial charge in [0, 0.05) is 23.7 Å². The molecule has 2 aromatic carbocycles. The summed E-state index contributed by atoms with van der Waals surface area (Å²) in [5.41, 5.74) is 2.09. The van der Waals surface area contributed by atoms with Gasteiger partial charge in [0.2, 0.25) is 0 Å². The fourth-order valence-corrected chi connectivity index (χ4v) is 2.65. The molecule has 0 unspecified atom stereocenters. The molecule has 24 heavy (non-hydrogen) atoms. The predicted molar refractivity (Wildman–Crippen MR) is 92.5 cm³/mol. The number of para-hydroxylation sites is 2. The van der Waals surface area contributed by atoms with Crippen LogP contribution in [0.25, 0.3) is 10.9 Å². The Kier molecular flexibility index (Phi) is 4.61. The Labute approximate surface area is 140 Å². The van der Waals surface area contributed by atoms with Gasteiger partial charge in [-0.2, -0.15) is 0 Å². The minimum absolute atomic E-state index is 0.177. The van der Waals surface area contributed by atoms with Gasteiger partial charge in [-0.25, -0.2) is 0 Å². The van der Waals surface area contributed by atoms with Crippen LogP contribution in [0.3, 0.4) is 0 Å². The van der Waals surface area contributed by atoms with Gasteiger partial charge in [-0.15, -0.1) is 0 Å². The highest BCUT2D eigenvalue weighted by Crippen LogP contribution is 2.30. The third kappa shape index (κ3) is 3.01. The molecule has 1 N–H and O–H groups in total. The first-order valence-corrected chi connectivity index (χ1v) is 7.56. The van der Waals surface area contributed by atoms with Crippen molar-refractivity contribution < 1.29 is 14.3 Å². The average molecular weight is 322 g/mol. The van der Waals surface area contributed by atoms with Crippen molar-refractivity contribution in [2.45, 2.75) is 6.54 Å². The van der Waals surface area contributed by atoms with Gasteiger partial charge in [0.25, 0.3) is 5.91 Å². The Morgan fingerprint density at radius 1 is 1.04 bits per heavy atom. The molecule has 1 aromatic heterocycles. The summed E-state index contributed by atoms with van der Waals surface area (Å²) in [6.07, 6.45) is 1.68. The van der Waals surface area contributed by atoms with E-state index >= 15 is 0 Å². The number of pyridine rings is 1. The first-order chi connectivity index (χ1) is 11.7. The number of nitrogens with zero attached hydrogens (tertiary/aromatic N) is 1. The van der Waals surface area contributed by atoms with E-state index in [1.54, 1.807) is 26.5 Å². The van der Waals surface area contributed by atoms with Crippen LogP contribution in [-0.2, 0) is 6.54 Å². The second-order valence-corrected chi connectivity index (χ2v) is 5.22. The first-order valence-electron chi connectivity index (χ1n) is 7.56. The Morgan fingerprint density at radius 3 is 2.62 bits per heavy atom. The standard InChI is InChI=1S/C19H18N2O3/c1-23-16-10-4-7-14(18(16)24-2)12-21-19(22)15-9-3-6-13-8-5-11-20-17(13)15/h3-11H,12H2,1-2H3,(H,21,22). The number of methoxy groups -OCH3 is 2. The van der Waals surface area contributed by atoms with Crippen LogP contribution < -0.4 is 14.8 Å². The largest absolute Gasteiger partial charge is 0.493 e. The lowest BCUT2D eigenvalue weighted by Gasteiger charge is -2.13. The molecule has 5 heteroatoms. The third-order valence-electron chi connectivity index (χ3n) is 3.80. The number of amides is 1. The highest BCUT2D eigenvalue weighted by Gasteiger charge is 2.13. The van der Waals surface area contributed by atoms with Crippen molar-refractivity contribution in [3.8, 4) is 11.5 Å². The predicted octanol–water partition coefficient (Wildman–Crippen LogP) is 3.18. The van der Waals surface area contributed by atoms with E-state index < -0.39 is 0 Å². The number of rotatable bonds is 5. The van der Waals surface area contributed by atoms with E-state index in [0.29, 0.717) is 29.1 Å². The molecular formula is C19H18N2O3. The number of aromatic nitrogens is 1. The van der Waals surface area contributed by atoms with Crippen LogP contribution >= 0.6 is 0 Å². The van der Waals surface area contributed by atoms with Crippen molar-refractivity contribution in [3.05, 3.63) is 65.9 Å². The Balaban J connectivity index is 1.83. The maximum absolute atomic E-state index is 12.6. The van der Waals surface area contributed by atoms with Gasteiger partial charge in [-0.1, -0.05) is 30.3 Å². The van der Waals surface area contributed by atoms with Crippen molar-refractivity contribution in [1.82, 2.24) is 10.3 Å². The lowest BCUT2D eigenvalue weighted by atomic mass is 10.1. The number of ether oxygens (including phenoxy) is 2. The maximum Gasteiger partial charge on any atom is 0.253 e. The summed E-state index contributed by atoms with van der Waals surface area (Å²) in [4.78, 5) is 16.9. The molecule has 0 atom stereocenters. The quantitative estimate of drug-likeness (QED) is 0.784. The number of hydrogen-bond donors (Lipinski definition) is 1. The van der Waals surface area contributed by atoms with Crippen LogP contribution in [0.1, 0.15) is 15.9 Å². The lowest BCUT2D eigenvalue weighted by molar-refractivity contribution is 0.0952. The summed E-state index contributed by atoms with van der Waals surface area (Å²) < 4.78 is 10.7. The van der Waals surface area contributed by atoms with Gasteiger partial charge >= 0.3 is 0 Å². The zero-order chi connectivity index (χ0) is 16.9. The number of benzene rings is 2. The SMILES string of the molecule is COc1cccc(CNC(=O)c2cccc3cccnc23)c1OC. The van der Waals surface area contributed by atoms with Crippen LogP contribution in [-0.4, -0.2) is 25.1 Å². The fraction of sp³-hybridized carbons (Fsp3) is 0.158. The molecule has 3 aromatic rings. The summed E-state index contributed by atoms with van der Waals surface area (Å²) in [5.74, 6) is 1.08. The normalized spacial score (nSPS) is 10.4. The molecule has 1 heterocycles. The molecule has 0 saturated carbocycles. The molecule has 5 nitrogen and oxygen atoms in total. The van der Waals surface area contributed by atoms with Crippen molar-refractivity contribution in [1.29, 1.82) is 0 Å². The van der Waals surface area contributed by atoms with E-state index in [0.717, 1.165) is 10.9 Å². The Hall–Kier alpha value is -3.08. The molecule has 0 spiro atoms. The zero-order valence-corrected chi connectivity index (χ0v) is 13.6. The number of fused-ring (bicyclic) bond motifs is 1. The summed E-state index contributed by atoms with van der Waals surface area (Å²) in [6.45, 7) is 0.336. The van der Waals surface area contributed by atoms with Gasteiger partial charge < -0.3 is 14.8 Å². The number of carbonyl (C=O) groups excluding carboxylic acids is 1. The van der Waals surface area contributed by atoms with Gasteiger partial charge in [0.1, 0.15) is 0 Å². The van der Waals surface area contributed by atoms with E-state index in [9.17, 15) is 4.79 Å². The molecule has 0 fully saturated rings. The topological polar surface area (TPSA) is 60.5 Å². The first kappa shape index (κ1) is 15.8. The minimum atomic E-state index is -0.177. The number of hydrogen-bond acceptors (Lipinski definition) is 4. The molecule has 0 aliphatic carbocycles. The third-order valence-corrected chi connectivity index (χ3v) is 3.80. The van der Waals surface area contributed by atoms with E-state index in [-0.39, 0.29) is 5.91 Å². The zero-order valence-electron chi connectivity index (χ0n) is 13.6. The molecule has 122 valence electrons. The van der Waals surface area contributed by atoms with E-state index in [1.165, 1.54) is 0 Å². The minimum Gasteiger partial charge on any atom is -0.493 e. The van der Waals surface area contributed by atoms with Gasteiger partial charge in [-0.05, 0) is 18.2 Å². The Morgan fingerprint density at radius 2 is 1.83 bits per heavy atom. The second kappa shape index (κ2) is 7.00. The maximum atomic E-state index is 12.6. The van der Waals surface area contributed by atoms with Crippen LogP contribution in [0, 0.1) is 0 Å². The molecule has 0 aliphatic rings. The monoisotopic (exact) mass is 322 g/mol. The Bertz CT molecular complexity index is 872. The van der Waals surface area contributed by atoms with Crippen LogP contribution in [0.4, 0.5) is 0 Å². The smallest absolute Gasteiger partial charge is 0.253 e. The number of carbonyl (C=O) groups is 1. The summed E-state index contributed by atoms with van der Waals surface area (Å²) >= 11 is 0. The van der Waals surface area contributed by atoms with Crippen LogP contribution in [0.15, 0.2) is 54.7 Å². The van der Waals surface area contributed by atoms with Gasteiger partial charge in [0.05, 0.1) is 25.3 Å². The second-order valence-electron chi connectivity index (χ2n) is 5.22. The van der Waals surface area contributed by atoms with Crippen molar-refractivity contribution >= 4 is 16.8 Å². The van der Waals surface area contributed by atoms with Crippen LogP contribution in [0.5, 0.6) is 11.5 Å². The van der Waals surface area contributed by atoms with Crippen molar-refractivity contribution in [2.75, 3.05) is 14.2 Å². The highest BCUT2D eigenvalue weighted by atomic mass is 16.5. The molecule has 1 amide bonds.